The lowest BCUT2D eigenvalue weighted by Gasteiger charge is -2.19. The molecule has 2 fully saturated rings. The van der Waals surface area contributed by atoms with Crippen molar-refractivity contribution in [2.75, 3.05) is 19.6 Å². The van der Waals surface area contributed by atoms with Gasteiger partial charge >= 0.3 is 0 Å². The molecule has 1 aromatic rings. The van der Waals surface area contributed by atoms with Crippen LogP contribution in [0, 0.1) is 11.6 Å². The van der Waals surface area contributed by atoms with Crippen LogP contribution in [0.3, 0.4) is 0 Å². The van der Waals surface area contributed by atoms with Gasteiger partial charge in [0.25, 0.3) is 0 Å². The lowest BCUT2D eigenvalue weighted by atomic mass is 10.1. The molecule has 1 aliphatic heterocycles. The number of benzene rings is 1. The molecule has 0 aromatic heterocycles. The molecule has 27 heavy (non-hydrogen) atoms. The number of hydrogen-bond donors (Lipinski definition) is 2. The summed E-state index contributed by atoms with van der Waals surface area (Å²) in [5, 5.41) is 6.64. The Morgan fingerprint density at radius 2 is 1.96 bits per heavy atom. The van der Waals surface area contributed by atoms with Gasteiger partial charge in [0.05, 0.1) is 0 Å². The van der Waals surface area contributed by atoms with Crippen LogP contribution in [-0.4, -0.2) is 48.5 Å². The summed E-state index contributed by atoms with van der Waals surface area (Å²) in [6.45, 7) is 5.81. The van der Waals surface area contributed by atoms with Gasteiger partial charge in [-0.25, -0.2) is 8.78 Å². The number of carbonyl (C=O) groups excluding carboxylic acids is 1. The molecule has 1 heterocycles. The van der Waals surface area contributed by atoms with Crippen molar-refractivity contribution in [3.63, 3.8) is 0 Å². The highest BCUT2D eigenvalue weighted by atomic mass is 127. The molecule has 5 nitrogen and oxygen atoms in total. The monoisotopic (exact) mass is 492 g/mol. The van der Waals surface area contributed by atoms with Crippen LogP contribution in [0.2, 0.25) is 0 Å². The van der Waals surface area contributed by atoms with Crippen molar-refractivity contribution in [3.8, 4) is 0 Å². The van der Waals surface area contributed by atoms with Crippen LogP contribution >= 0.6 is 24.0 Å². The fourth-order valence-corrected chi connectivity index (χ4v) is 3.53. The molecule has 0 bridgehead atoms. The average Bonchev–Trinajstić information content (AvgIpc) is 3.18. The lowest BCUT2D eigenvalue weighted by molar-refractivity contribution is -0.129. The van der Waals surface area contributed by atoms with Gasteiger partial charge in [0.1, 0.15) is 11.6 Å². The van der Waals surface area contributed by atoms with Crippen LogP contribution < -0.4 is 10.6 Å². The van der Waals surface area contributed by atoms with Crippen LogP contribution in [0.15, 0.2) is 23.2 Å². The molecular weight excluding hydrogens is 465 g/mol. The zero-order chi connectivity index (χ0) is 18.7. The van der Waals surface area contributed by atoms with E-state index >= 15 is 0 Å². The molecule has 2 N–H and O–H groups in total. The minimum atomic E-state index is -0.495. The first-order chi connectivity index (χ1) is 12.5. The van der Waals surface area contributed by atoms with E-state index in [9.17, 15) is 13.6 Å². The molecule has 8 heteroatoms. The van der Waals surface area contributed by atoms with E-state index in [0.717, 1.165) is 13.0 Å². The first-order valence-corrected chi connectivity index (χ1v) is 9.32. The minimum Gasteiger partial charge on any atom is -0.353 e. The zero-order valence-corrected chi connectivity index (χ0v) is 18.0. The third-order valence-corrected chi connectivity index (χ3v) is 4.98. The van der Waals surface area contributed by atoms with Gasteiger partial charge in [0.2, 0.25) is 5.91 Å². The van der Waals surface area contributed by atoms with Crippen molar-refractivity contribution in [1.82, 2.24) is 15.5 Å². The number of aliphatic imine (C=N–C) groups is 1. The topological polar surface area (TPSA) is 56.7 Å². The number of rotatable bonds is 5. The fraction of sp³-hybridized carbons (Fsp3) is 0.579. The lowest BCUT2D eigenvalue weighted by Crippen LogP contribution is -2.46. The van der Waals surface area contributed by atoms with Crippen LogP contribution in [0.1, 0.15) is 44.6 Å². The molecule has 150 valence electrons. The van der Waals surface area contributed by atoms with Crippen LogP contribution in [-0.2, 0) is 4.79 Å². The summed E-state index contributed by atoms with van der Waals surface area (Å²) < 4.78 is 27.9. The summed E-state index contributed by atoms with van der Waals surface area (Å²) in [6.07, 6.45) is 2.05. The first kappa shape index (κ1) is 21.8. The Morgan fingerprint density at radius 1 is 1.26 bits per heavy atom. The molecule has 3 unspecified atom stereocenters. The predicted octanol–water partition coefficient (Wildman–Crippen LogP) is 3.00. The number of likely N-dealkylation sites (tertiary alicyclic amines) is 1. The first-order valence-electron chi connectivity index (χ1n) is 9.32. The van der Waals surface area contributed by atoms with Crippen molar-refractivity contribution in [2.24, 2.45) is 4.99 Å². The summed E-state index contributed by atoms with van der Waals surface area (Å²) in [5.41, 5.74) is 0.154. The average molecular weight is 492 g/mol. The molecule has 3 atom stereocenters. The number of nitrogens with one attached hydrogen (secondary N) is 2. The van der Waals surface area contributed by atoms with E-state index < -0.39 is 11.6 Å². The van der Waals surface area contributed by atoms with Crippen molar-refractivity contribution in [1.29, 1.82) is 0 Å². The van der Waals surface area contributed by atoms with E-state index in [4.69, 9.17) is 0 Å². The number of carbonyl (C=O) groups is 1. The summed E-state index contributed by atoms with van der Waals surface area (Å²) in [5.74, 6) is -0.362. The Hall–Kier alpha value is -1.45. The smallest absolute Gasteiger partial charge is 0.222 e. The summed E-state index contributed by atoms with van der Waals surface area (Å²) in [4.78, 5) is 18.1. The normalized spacial score (nSPS) is 24.4. The van der Waals surface area contributed by atoms with Crippen molar-refractivity contribution < 1.29 is 13.6 Å². The Balaban J connectivity index is 0.00000261. The maximum atomic E-state index is 13.9. The third kappa shape index (κ3) is 5.30. The van der Waals surface area contributed by atoms with E-state index in [1.54, 1.807) is 0 Å². The molecule has 0 spiro atoms. The Bertz CT molecular complexity index is 680. The van der Waals surface area contributed by atoms with Gasteiger partial charge in [-0.1, -0.05) is 13.0 Å². The standard InChI is InChI=1S/C19H26F2N4O.HI/c1-3-17(26)25-9-8-12(11-25)23-19(22-4-2)24-16-10-13(16)18-14(20)6-5-7-15(18)21;/h5-7,12-13,16H,3-4,8-11H2,1-2H3,(H2,22,23,24);1H. The second-order valence-corrected chi connectivity index (χ2v) is 6.87. The Kier molecular flexibility index (Phi) is 7.81. The quantitative estimate of drug-likeness (QED) is 0.378. The van der Waals surface area contributed by atoms with Gasteiger partial charge in [0, 0.05) is 49.6 Å². The zero-order valence-electron chi connectivity index (χ0n) is 15.7. The molecule has 1 aromatic carbocycles. The molecular formula is C19H27F2IN4O. The molecule has 3 rings (SSSR count). The van der Waals surface area contributed by atoms with Gasteiger partial charge < -0.3 is 15.5 Å². The SMILES string of the molecule is CCN=C(NC1CCN(C(=O)CC)C1)NC1CC1c1c(F)cccc1F.I. The van der Waals surface area contributed by atoms with E-state index in [-0.39, 0.29) is 53.4 Å². The summed E-state index contributed by atoms with van der Waals surface area (Å²) in [7, 11) is 0. The van der Waals surface area contributed by atoms with E-state index in [1.807, 2.05) is 18.7 Å². The number of nitrogens with zero attached hydrogens (tertiary/aromatic N) is 2. The molecule has 0 radical (unpaired) electrons. The molecule has 2 aliphatic rings. The fourth-order valence-electron chi connectivity index (χ4n) is 3.53. The van der Waals surface area contributed by atoms with E-state index in [0.29, 0.717) is 31.9 Å². The van der Waals surface area contributed by atoms with E-state index in [1.165, 1.54) is 18.2 Å². The molecule has 1 amide bonds. The summed E-state index contributed by atoms with van der Waals surface area (Å²) in [6, 6.07) is 4.09. The van der Waals surface area contributed by atoms with Crippen LogP contribution in [0.4, 0.5) is 8.78 Å². The molecule has 1 aliphatic carbocycles. The maximum Gasteiger partial charge on any atom is 0.222 e. The van der Waals surface area contributed by atoms with Crippen molar-refractivity contribution >= 4 is 35.8 Å². The highest BCUT2D eigenvalue weighted by Crippen LogP contribution is 2.43. The number of guanidine groups is 1. The van der Waals surface area contributed by atoms with Gasteiger partial charge in [-0.15, -0.1) is 24.0 Å². The number of halogens is 3. The van der Waals surface area contributed by atoms with Crippen LogP contribution in [0.25, 0.3) is 0 Å². The Morgan fingerprint density at radius 3 is 2.59 bits per heavy atom. The van der Waals surface area contributed by atoms with Gasteiger partial charge in [0.15, 0.2) is 5.96 Å². The number of amides is 1. The van der Waals surface area contributed by atoms with E-state index in [2.05, 4.69) is 15.6 Å². The molecule has 1 saturated carbocycles. The highest BCUT2D eigenvalue weighted by molar-refractivity contribution is 14.0. The molecule has 1 saturated heterocycles. The van der Waals surface area contributed by atoms with Gasteiger partial charge in [-0.2, -0.15) is 0 Å². The summed E-state index contributed by atoms with van der Waals surface area (Å²) >= 11 is 0. The van der Waals surface area contributed by atoms with Crippen molar-refractivity contribution in [3.05, 3.63) is 35.4 Å². The highest BCUT2D eigenvalue weighted by Gasteiger charge is 2.42. The second-order valence-electron chi connectivity index (χ2n) is 6.87. The minimum absolute atomic E-state index is 0. The number of hydrogen-bond acceptors (Lipinski definition) is 2. The van der Waals surface area contributed by atoms with Gasteiger partial charge in [-0.05, 0) is 31.9 Å². The second kappa shape index (κ2) is 9.66. The maximum absolute atomic E-state index is 13.9. The van der Waals surface area contributed by atoms with Gasteiger partial charge in [-0.3, -0.25) is 9.79 Å². The third-order valence-electron chi connectivity index (χ3n) is 4.98. The largest absolute Gasteiger partial charge is 0.353 e. The predicted molar refractivity (Wildman–Crippen MR) is 112 cm³/mol. The van der Waals surface area contributed by atoms with Crippen molar-refractivity contribution in [2.45, 2.75) is 51.1 Å². The Labute approximate surface area is 176 Å². The van der Waals surface area contributed by atoms with Crippen LogP contribution in [0.5, 0.6) is 0 Å².